The van der Waals surface area contributed by atoms with Gasteiger partial charge in [-0.2, -0.15) is 4.31 Å². The number of hydrogen-bond donors (Lipinski definition) is 1. The smallest absolute Gasteiger partial charge is 0.243 e. The van der Waals surface area contributed by atoms with E-state index in [9.17, 15) is 8.42 Å². The Kier molecular flexibility index (Phi) is 4.60. The zero-order chi connectivity index (χ0) is 13.9. The van der Waals surface area contributed by atoms with Crippen LogP contribution in [0, 0.1) is 0 Å². The highest BCUT2D eigenvalue weighted by atomic mass is 32.2. The van der Waals surface area contributed by atoms with Gasteiger partial charge in [-0.15, -0.1) is 0 Å². The zero-order valence-electron chi connectivity index (χ0n) is 11.6. The fourth-order valence-corrected chi connectivity index (χ4v) is 3.68. The first-order valence-electron chi connectivity index (χ1n) is 6.86. The Hall–Kier alpha value is -0.910. The molecule has 0 radical (unpaired) electrons. The van der Waals surface area contributed by atoms with E-state index in [2.05, 4.69) is 19.2 Å². The molecule has 1 saturated heterocycles. The second-order valence-corrected chi connectivity index (χ2v) is 6.97. The van der Waals surface area contributed by atoms with Crippen LogP contribution >= 0.6 is 0 Å². The predicted molar refractivity (Wildman–Crippen MR) is 76.8 cm³/mol. The summed E-state index contributed by atoms with van der Waals surface area (Å²) in [4.78, 5) is 0.404. The molecule has 106 valence electrons. The summed E-state index contributed by atoms with van der Waals surface area (Å²) in [5.74, 6) is 0.468. The van der Waals surface area contributed by atoms with Gasteiger partial charge in [0.2, 0.25) is 10.0 Å². The van der Waals surface area contributed by atoms with Crippen molar-refractivity contribution in [3.63, 3.8) is 0 Å². The van der Waals surface area contributed by atoms with Gasteiger partial charge in [-0.05, 0) is 30.0 Å². The average Bonchev–Trinajstić information content (AvgIpc) is 2.47. The van der Waals surface area contributed by atoms with Crippen LogP contribution in [-0.2, 0) is 10.0 Å². The van der Waals surface area contributed by atoms with Crippen LogP contribution in [0.1, 0.15) is 31.7 Å². The Morgan fingerprint density at radius 1 is 1.21 bits per heavy atom. The molecule has 2 rings (SSSR count). The lowest BCUT2D eigenvalue weighted by Crippen LogP contribution is -2.46. The minimum atomic E-state index is -3.32. The van der Waals surface area contributed by atoms with Crippen LogP contribution in [0.2, 0.25) is 0 Å². The van der Waals surface area contributed by atoms with E-state index in [0.29, 0.717) is 23.9 Å². The van der Waals surface area contributed by atoms with Crippen molar-refractivity contribution in [2.75, 3.05) is 26.2 Å². The summed E-state index contributed by atoms with van der Waals surface area (Å²) in [6.07, 6.45) is 1.06. The Balaban J connectivity index is 2.21. The van der Waals surface area contributed by atoms with E-state index in [0.717, 1.165) is 19.5 Å². The molecule has 1 atom stereocenters. The largest absolute Gasteiger partial charge is 0.314 e. The molecule has 1 fully saturated rings. The van der Waals surface area contributed by atoms with Crippen molar-refractivity contribution >= 4 is 10.0 Å². The summed E-state index contributed by atoms with van der Waals surface area (Å²) in [6.45, 7) is 6.84. The quantitative estimate of drug-likeness (QED) is 0.916. The van der Waals surface area contributed by atoms with E-state index in [1.54, 1.807) is 16.4 Å². The highest BCUT2D eigenvalue weighted by molar-refractivity contribution is 7.89. The molecular formula is C14H22N2O2S. The molecule has 0 bridgehead atoms. The van der Waals surface area contributed by atoms with Gasteiger partial charge >= 0.3 is 0 Å². The van der Waals surface area contributed by atoms with Gasteiger partial charge in [0.15, 0.2) is 0 Å². The number of rotatable bonds is 4. The molecule has 5 heteroatoms. The number of nitrogens with zero attached hydrogens (tertiary/aromatic N) is 1. The Morgan fingerprint density at radius 2 is 1.79 bits per heavy atom. The summed E-state index contributed by atoms with van der Waals surface area (Å²) in [6, 6.07) is 7.34. The standard InChI is InChI=1S/C14H22N2O2S/c1-3-12(2)13-4-6-14(7-5-13)19(17,18)16-10-8-15-9-11-16/h4-7,12,15H,3,8-11H2,1-2H3. The van der Waals surface area contributed by atoms with Crippen LogP contribution < -0.4 is 5.32 Å². The fraction of sp³-hybridized carbons (Fsp3) is 0.571. The van der Waals surface area contributed by atoms with E-state index in [-0.39, 0.29) is 0 Å². The second kappa shape index (κ2) is 6.03. The maximum atomic E-state index is 12.4. The van der Waals surface area contributed by atoms with Gasteiger partial charge in [0, 0.05) is 26.2 Å². The summed E-state index contributed by atoms with van der Waals surface area (Å²) >= 11 is 0. The third kappa shape index (κ3) is 3.16. The number of hydrogen-bond acceptors (Lipinski definition) is 3. The summed E-state index contributed by atoms with van der Waals surface area (Å²) < 4.78 is 26.4. The van der Waals surface area contributed by atoms with E-state index in [1.807, 2.05) is 12.1 Å². The zero-order valence-corrected chi connectivity index (χ0v) is 12.4. The Bertz CT molecular complexity index is 505. The first-order valence-corrected chi connectivity index (χ1v) is 8.30. The SMILES string of the molecule is CCC(C)c1ccc(S(=O)(=O)N2CCNCC2)cc1. The monoisotopic (exact) mass is 282 g/mol. The molecule has 0 amide bonds. The molecule has 0 saturated carbocycles. The molecule has 0 aromatic heterocycles. The topological polar surface area (TPSA) is 49.4 Å². The van der Waals surface area contributed by atoms with Gasteiger partial charge in [-0.25, -0.2) is 8.42 Å². The number of sulfonamides is 1. The van der Waals surface area contributed by atoms with Gasteiger partial charge < -0.3 is 5.32 Å². The molecule has 1 aromatic rings. The summed E-state index contributed by atoms with van der Waals surface area (Å²) in [5, 5.41) is 3.16. The van der Waals surface area contributed by atoms with Crippen LogP contribution in [0.15, 0.2) is 29.2 Å². The minimum Gasteiger partial charge on any atom is -0.314 e. The third-order valence-corrected chi connectivity index (χ3v) is 5.69. The van der Waals surface area contributed by atoms with Crippen molar-refractivity contribution in [1.29, 1.82) is 0 Å². The summed E-state index contributed by atoms with van der Waals surface area (Å²) in [5.41, 5.74) is 1.20. The fourth-order valence-electron chi connectivity index (χ4n) is 2.24. The molecule has 1 heterocycles. The van der Waals surface area contributed by atoms with Crippen LogP contribution in [0.4, 0.5) is 0 Å². The highest BCUT2D eigenvalue weighted by Gasteiger charge is 2.25. The van der Waals surface area contributed by atoms with Gasteiger partial charge in [-0.3, -0.25) is 0 Å². The normalized spacial score (nSPS) is 19.3. The maximum Gasteiger partial charge on any atom is 0.243 e. The van der Waals surface area contributed by atoms with Crippen molar-refractivity contribution in [2.24, 2.45) is 0 Å². The molecule has 1 aliphatic rings. The molecule has 19 heavy (non-hydrogen) atoms. The van der Waals surface area contributed by atoms with Crippen molar-refractivity contribution in [3.8, 4) is 0 Å². The number of piperazine rings is 1. The molecule has 1 unspecified atom stereocenters. The molecule has 0 spiro atoms. The Morgan fingerprint density at radius 3 is 2.32 bits per heavy atom. The van der Waals surface area contributed by atoms with Gasteiger partial charge in [-0.1, -0.05) is 26.0 Å². The molecule has 1 aliphatic heterocycles. The lowest BCUT2D eigenvalue weighted by atomic mass is 9.99. The highest BCUT2D eigenvalue weighted by Crippen LogP contribution is 2.22. The molecule has 4 nitrogen and oxygen atoms in total. The third-order valence-electron chi connectivity index (χ3n) is 3.78. The van der Waals surface area contributed by atoms with E-state index in [4.69, 9.17) is 0 Å². The lowest BCUT2D eigenvalue weighted by molar-refractivity contribution is 0.360. The van der Waals surface area contributed by atoms with Gasteiger partial charge in [0.25, 0.3) is 0 Å². The van der Waals surface area contributed by atoms with Crippen LogP contribution in [0.25, 0.3) is 0 Å². The Labute approximate surface area is 115 Å². The summed E-state index contributed by atoms with van der Waals surface area (Å²) in [7, 11) is -3.32. The molecule has 1 aromatic carbocycles. The van der Waals surface area contributed by atoms with Gasteiger partial charge in [0.05, 0.1) is 4.90 Å². The van der Waals surface area contributed by atoms with E-state index >= 15 is 0 Å². The van der Waals surface area contributed by atoms with Crippen LogP contribution in [-0.4, -0.2) is 38.9 Å². The van der Waals surface area contributed by atoms with Crippen molar-refractivity contribution in [3.05, 3.63) is 29.8 Å². The van der Waals surface area contributed by atoms with Crippen molar-refractivity contribution in [2.45, 2.75) is 31.1 Å². The lowest BCUT2D eigenvalue weighted by Gasteiger charge is -2.26. The average molecular weight is 282 g/mol. The van der Waals surface area contributed by atoms with Crippen LogP contribution in [0.5, 0.6) is 0 Å². The van der Waals surface area contributed by atoms with Gasteiger partial charge in [0.1, 0.15) is 0 Å². The van der Waals surface area contributed by atoms with E-state index < -0.39 is 10.0 Å². The maximum absolute atomic E-state index is 12.4. The van der Waals surface area contributed by atoms with Crippen LogP contribution in [0.3, 0.4) is 0 Å². The molecule has 1 N–H and O–H groups in total. The number of nitrogens with one attached hydrogen (secondary N) is 1. The second-order valence-electron chi connectivity index (χ2n) is 5.03. The molecular weight excluding hydrogens is 260 g/mol. The van der Waals surface area contributed by atoms with E-state index in [1.165, 1.54) is 5.56 Å². The van der Waals surface area contributed by atoms with Crippen molar-refractivity contribution < 1.29 is 8.42 Å². The van der Waals surface area contributed by atoms with Crippen molar-refractivity contribution in [1.82, 2.24) is 9.62 Å². The first-order chi connectivity index (χ1) is 9.05. The molecule has 0 aliphatic carbocycles. The number of benzene rings is 1. The first kappa shape index (κ1) is 14.5. The minimum absolute atomic E-state index is 0.404. The predicted octanol–water partition coefficient (Wildman–Crippen LogP) is 1.79.